The van der Waals surface area contributed by atoms with E-state index in [4.69, 9.17) is 15.3 Å². The van der Waals surface area contributed by atoms with Gasteiger partial charge in [0.05, 0.1) is 13.7 Å². The van der Waals surface area contributed by atoms with Gasteiger partial charge >= 0.3 is 0 Å². The van der Waals surface area contributed by atoms with Gasteiger partial charge in [-0.1, -0.05) is 0 Å². The molecule has 1 aromatic rings. The number of hydrazine groups is 1. The van der Waals surface area contributed by atoms with Crippen LogP contribution in [0.3, 0.4) is 0 Å². The number of nitrogens with zero attached hydrogens (tertiary/aromatic N) is 3. The van der Waals surface area contributed by atoms with E-state index >= 15 is 0 Å². The lowest BCUT2D eigenvalue weighted by molar-refractivity contribution is 0.163. The van der Waals surface area contributed by atoms with Gasteiger partial charge < -0.3 is 25.1 Å². The lowest BCUT2D eigenvalue weighted by atomic mass is 10.4. The molecule has 0 aliphatic rings. The molecule has 8 heteroatoms. The number of likely N-dealkylation sites (N-methyl/N-ethyl adjacent to an activating group) is 1. The molecular formula is C11H22N6O2. The average Bonchev–Trinajstić information content (AvgIpc) is 2.44. The van der Waals surface area contributed by atoms with Gasteiger partial charge in [-0.15, -0.1) is 0 Å². The Hall–Kier alpha value is -1.64. The first-order valence-electron chi connectivity index (χ1n) is 5.99. The van der Waals surface area contributed by atoms with Crippen LogP contribution >= 0.6 is 0 Å². The van der Waals surface area contributed by atoms with Gasteiger partial charge in [0.15, 0.2) is 11.6 Å². The summed E-state index contributed by atoms with van der Waals surface area (Å²) in [7, 11) is 5.28. The standard InChI is InChI=1S/C11H22N6O2/c1-17(6-7-18-2)5-4-13-10-9(19-3)11(16-12)15-8-14-10/h8H,4-7,12H2,1-3H3,(H2,13,14,15,16). The van der Waals surface area contributed by atoms with Crippen LogP contribution in [-0.2, 0) is 4.74 Å². The Morgan fingerprint density at radius 3 is 2.63 bits per heavy atom. The number of ether oxygens (including phenoxy) is 2. The average molecular weight is 270 g/mol. The molecule has 0 saturated heterocycles. The second kappa shape index (κ2) is 8.46. The van der Waals surface area contributed by atoms with Gasteiger partial charge in [0.2, 0.25) is 5.75 Å². The normalized spacial score (nSPS) is 10.6. The molecule has 1 aromatic heterocycles. The third-order valence-electron chi connectivity index (χ3n) is 2.61. The molecular weight excluding hydrogens is 248 g/mol. The molecule has 0 amide bonds. The van der Waals surface area contributed by atoms with Crippen LogP contribution in [0.5, 0.6) is 5.75 Å². The molecule has 0 aromatic carbocycles. The van der Waals surface area contributed by atoms with Crippen molar-refractivity contribution < 1.29 is 9.47 Å². The molecule has 1 rings (SSSR count). The summed E-state index contributed by atoms with van der Waals surface area (Å²) in [5.41, 5.74) is 2.47. The molecule has 8 nitrogen and oxygen atoms in total. The summed E-state index contributed by atoms with van der Waals surface area (Å²) < 4.78 is 10.2. The number of hydrogen-bond acceptors (Lipinski definition) is 8. The van der Waals surface area contributed by atoms with Crippen LogP contribution in [0.15, 0.2) is 6.33 Å². The highest BCUT2D eigenvalue weighted by Crippen LogP contribution is 2.27. The van der Waals surface area contributed by atoms with E-state index in [1.165, 1.54) is 6.33 Å². The van der Waals surface area contributed by atoms with Gasteiger partial charge in [-0.05, 0) is 7.05 Å². The topological polar surface area (TPSA) is 97.6 Å². The van der Waals surface area contributed by atoms with Gasteiger partial charge in [0, 0.05) is 26.7 Å². The summed E-state index contributed by atoms with van der Waals surface area (Å²) in [5, 5.41) is 3.19. The second-order valence-corrected chi connectivity index (χ2v) is 3.97. The minimum Gasteiger partial charge on any atom is -0.490 e. The molecule has 108 valence electrons. The first-order chi connectivity index (χ1) is 9.22. The monoisotopic (exact) mass is 270 g/mol. The first-order valence-corrected chi connectivity index (χ1v) is 5.99. The number of anilines is 2. The van der Waals surface area contributed by atoms with E-state index < -0.39 is 0 Å². The summed E-state index contributed by atoms with van der Waals surface area (Å²) >= 11 is 0. The van der Waals surface area contributed by atoms with Gasteiger partial charge in [-0.25, -0.2) is 15.8 Å². The van der Waals surface area contributed by atoms with Crippen LogP contribution in [-0.4, -0.2) is 62.4 Å². The quantitative estimate of drug-likeness (QED) is 0.418. The fourth-order valence-electron chi connectivity index (χ4n) is 1.52. The highest BCUT2D eigenvalue weighted by molar-refractivity contribution is 5.62. The first kappa shape index (κ1) is 15.4. The van der Waals surface area contributed by atoms with Crippen LogP contribution in [0.4, 0.5) is 11.6 Å². The highest BCUT2D eigenvalue weighted by atomic mass is 16.5. The van der Waals surface area contributed by atoms with E-state index in [-0.39, 0.29) is 0 Å². The molecule has 0 spiro atoms. The zero-order valence-corrected chi connectivity index (χ0v) is 11.6. The number of nitrogens with one attached hydrogen (secondary N) is 2. The molecule has 0 atom stereocenters. The Kier molecular flexibility index (Phi) is 6.86. The van der Waals surface area contributed by atoms with Gasteiger partial charge in [-0.2, -0.15) is 0 Å². The Morgan fingerprint density at radius 2 is 2.00 bits per heavy atom. The molecule has 4 N–H and O–H groups in total. The van der Waals surface area contributed by atoms with Crippen molar-refractivity contribution in [1.29, 1.82) is 0 Å². The smallest absolute Gasteiger partial charge is 0.205 e. The van der Waals surface area contributed by atoms with Crippen molar-refractivity contribution in [1.82, 2.24) is 14.9 Å². The third kappa shape index (κ3) is 4.86. The van der Waals surface area contributed by atoms with Crippen LogP contribution in [0.25, 0.3) is 0 Å². The Bertz CT molecular complexity index is 376. The number of nitrogens with two attached hydrogens (primary N) is 1. The van der Waals surface area contributed by atoms with Crippen LogP contribution in [0, 0.1) is 0 Å². The van der Waals surface area contributed by atoms with Crippen molar-refractivity contribution in [2.24, 2.45) is 5.84 Å². The molecule has 0 aliphatic heterocycles. The largest absolute Gasteiger partial charge is 0.490 e. The van der Waals surface area contributed by atoms with Crippen LogP contribution in [0.1, 0.15) is 0 Å². The number of aromatic nitrogens is 2. The number of hydrogen-bond donors (Lipinski definition) is 3. The van der Waals surface area contributed by atoms with Gasteiger partial charge in [0.25, 0.3) is 0 Å². The highest BCUT2D eigenvalue weighted by Gasteiger charge is 2.10. The molecule has 0 bridgehead atoms. The van der Waals surface area contributed by atoms with Gasteiger partial charge in [-0.3, -0.25) is 0 Å². The van der Waals surface area contributed by atoms with E-state index in [2.05, 4.69) is 25.6 Å². The van der Waals surface area contributed by atoms with Crippen molar-refractivity contribution in [2.45, 2.75) is 0 Å². The lowest BCUT2D eigenvalue weighted by Crippen LogP contribution is -2.28. The Labute approximate surface area is 113 Å². The van der Waals surface area contributed by atoms with Crippen molar-refractivity contribution in [2.75, 3.05) is 58.3 Å². The molecule has 0 saturated carbocycles. The van der Waals surface area contributed by atoms with Crippen LogP contribution in [0.2, 0.25) is 0 Å². The lowest BCUT2D eigenvalue weighted by Gasteiger charge is -2.17. The fourth-order valence-corrected chi connectivity index (χ4v) is 1.52. The fraction of sp³-hybridized carbons (Fsp3) is 0.636. The third-order valence-corrected chi connectivity index (χ3v) is 2.61. The van der Waals surface area contributed by atoms with Crippen molar-refractivity contribution in [3.05, 3.63) is 6.33 Å². The summed E-state index contributed by atoms with van der Waals surface area (Å²) in [6.45, 7) is 3.20. The summed E-state index contributed by atoms with van der Waals surface area (Å²) in [6, 6.07) is 0. The maximum atomic E-state index is 5.36. The molecule has 0 radical (unpaired) electrons. The molecule has 0 unspecified atom stereocenters. The van der Waals surface area contributed by atoms with Crippen molar-refractivity contribution in [3.8, 4) is 5.75 Å². The van der Waals surface area contributed by atoms with E-state index in [1.54, 1.807) is 14.2 Å². The number of rotatable bonds is 9. The number of nitrogen functional groups attached to an aromatic ring is 1. The SMILES string of the molecule is COCCN(C)CCNc1ncnc(NN)c1OC. The van der Waals surface area contributed by atoms with E-state index in [9.17, 15) is 0 Å². The maximum Gasteiger partial charge on any atom is 0.205 e. The zero-order chi connectivity index (χ0) is 14.1. The number of methoxy groups -OCH3 is 2. The molecule has 0 aliphatic carbocycles. The van der Waals surface area contributed by atoms with E-state index in [0.717, 1.165) is 19.6 Å². The maximum absolute atomic E-state index is 5.36. The van der Waals surface area contributed by atoms with Crippen molar-refractivity contribution in [3.63, 3.8) is 0 Å². The summed E-state index contributed by atoms with van der Waals surface area (Å²) in [6.07, 6.45) is 1.43. The molecule has 1 heterocycles. The zero-order valence-electron chi connectivity index (χ0n) is 11.6. The minimum absolute atomic E-state index is 0.452. The minimum atomic E-state index is 0.452. The Balaban J connectivity index is 2.49. The predicted octanol–water partition coefficient (Wildman–Crippen LogP) is -0.239. The predicted molar refractivity (Wildman–Crippen MR) is 74.3 cm³/mol. The summed E-state index contributed by atoms with van der Waals surface area (Å²) in [4.78, 5) is 10.3. The molecule has 0 fully saturated rings. The van der Waals surface area contributed by atoms with Crippen LogP contribution < -0.4 is 21.3 Å². The van der Waals surface area contributed by atoms with Gasteiger partial charge in [0.1, 0.15) is 6.33 Å². The van der Waals surface area contributed by atoms with E-state index in [1.807, 2.05) is 7.05 Å². The summed E-state index contributed by atoms with van der Waals surface area (Å²) in [5.74, 6) is 6.93. The van der Waals surface area contributed by atoms with Crippen molar-refractivity contribution >= 4 is 11.6 Å². The second-order valence-electron chi connectivity index (χ2n) is 3.97. The molecule has 19 heavy (non-hydrogen) atoms. The van der Waals surface area contributed by atoms with E-state index in [0.29, 0.717) is 24.0 Å². The Morgan fingerprint density at radius 1 is 1.26 bits per heavy atom.